The van der Waals surface area contributed by atoms with Crippen molar-refractivity contribution in [1.29, 1.82) is 0 Å². The molecule has 0 bridgehead atoms. The van der Waals surface area contributed by atoms with Crippen LogP contribution in [-0.2, 0) is 16.0 Å². The number of piperidine rings is 1. The zero-order chi connectivity index (χ0) is 21.2. The van der Waals surface area contributed by atoms with Crippen molar-refractivity contribution in [3.05, 3.63) is 51.0 Å². The molecule has 0 saturated carbocycles. The van der Waals surface area contributed by atoms with Gasteiger partial charge in [-0.25, -0.2) is 13.8 Å². The van der Waals surface area contributed by atoms with Crippen LogP contribution in [0.15, 0.2) is 18.2 Å². The number of amides is 1. The molecule has 5 nitrogen and oxygen atoms in total. The Morgan fingerprint density at radius 1 is 1.31 bits per heavy atom. The van der Waals surface area contributed by atoms with Crippen molar-refractivity contribution in [2.75, 3.05) is 19.7 Å². The molecule has 0 radical (unpaired) electrons. The summed E-state index contributed by atoms with van der Waals surface area (Å²) in [5.74, 6) is -2.02. The summed E-state index contributed by atoms with van der Waals surface area (Å²) in [5, 5.41) is 0.799. The predicted molar refractivity (Wildman–Crippen MR) is 106 cm³/mol. The van der Waals surface area contributed by atoms with Gasteiger partial charge in [0.05, 0.1) is 22.7 Å². The standard InChI is InChI=1S/C21H24F2N2O3S/c1-4-28-20(27)21(11-15-6-7-16(22)10-17(15)23)8-5-9-25(12-21)19(26)18-13(2)24-14(3)29-18/h6-7,10H,4-5,8-9,11-12H2,1-3H3/t21-/m0/s1. The highest BCUT2D eigenvalue weighted by molar-refractivity contribution is 7.13. The third-order valence-corrected chi connectivity index (χ3v) is 6.28. The molecule has 0 aliphatic carbocycles. The van der Waals surface area contributed by atoms with Gasteiger partial charge in [0.25, 0.3) is 5.91 Å². The molecule has 0 N–H and O–H groups in total. The molecule has 1 saturated heterocycles. The molecule has 1 aliphatic rings. The summed E-state index contributed by atoms with van der Waals surface area (Å²) in [7, 11) is 0. The fourth-order valence-corrected chi connectivity index (χ4v) is 4.76. The second-order valence-corrected chi connectivity index (χ2v) is 8.59. The Balaban J connectivity index is 1.92. The van der Waals surface area contributed by atoms with E-state index in [4.69, 9.17) is 4.74 Å². The fraction of sp³-hybridized carbons (Fsp3) is 0.476. The third kappa shape index (κ3) is 4.47. The fourth-order valence-electron chi connectivity index (χ4n) is 3.88. The molecular formula is C21H24F2N2O3S. The van der Waals surface area contributed by atoms with Crippen LogP contribution in [0.4, 0.5) is 8.78 Å². The maximum absolute atomic E-state index is 14.3. The van der Waals surface area contributed by atoms with Crippen LogP contribution < -0.4 is 0 Å². The van der Waals surface area contributed by atoms with E-state index in [9.17, 15) is 18.4 Å². The quantitative estimate of drug-likeness (QED) is 0.682. The average molecular weight is 422 g/mol. The number of aromatic nitrogens is 1. The zero-order valence-electron chi connectivity index (χ0n) is 16.8. The first-order valence-electron chi connectivity index (χ1n) is 9.60. The number of ether oxygens (including phenoxy) is 1. The first-order chi connectivity index (χ1) is 13.8. The van der Waals surface area contributed by atoms with E-state index in [1.807, 2.05) is 6.92 Å². The number of hydrogen-bond donors (Lipinski definition) is 0. The number of hydrogen-bond acceptors (Lipinski definition) is 5. The van der Waals surface area contributed by atoms with Gasteiger partial charge in [-0.1, -0.05) is 6.07 Å². The van der Waals surface area contributed by atoms with Gasteiger partial charge in [0.1, 0.15) is 16.5 Å². The molecule has 2 heterocycles. The number of likely N-dealkylation sites (tertiary alicyclic amines) is 1. The zero-order valence-corrected chi connectivity index (χ0v) is 17.6. The van der Waals surface area contributed by atoms with Crippen LogP contribution in [-0.4, -0.2) is 41.5 Å². The Kier molecular flexibility index (Phi) is 6.31. The van der Waals surface area contributed by atoms with Crippen LogP contribution in [0.1, 0.15) is 45.7 Å². The van der Waals surface area contributed by atoms with Gasteiger partial charge in [-0.05, 0) is 51.7 Å². The van der Waals surface area contributed by atoms with Gasteiger partial charge >= 0.3 is 5.97 Å². The first-order valence-corrected chi connectivity index (χ1v) is 10.4. The number of carbonyl (C=O) groups is 2. The molecule has 2 aromatic rings. The maximum Gasteiger partial charge on any atom is 0.314 e. The number of halogens is 2. The Hall–Kier alpha value is -2.35. The molecule has 1 fully saturated rings. The minimum absolute atomic E-state index is 0.0441. The Bertz CT molecular complexity index is 931. The molecule has 8 heteroatoms. The summed E-state index contributed by atoms with van der Waals surface area (Å²) in [6.07, 6.45) is 1.10. The summed E-state index contributed by atoms with van der Waals surface area (Å²) < 4.78 is 32.9. The summed E-state index contributed by atoms with van der Waals surface area (Å²) in [4.78, 5) is 32.5. The molecule has 1 aliphatic heterocycles. The molecule has 1 amide bonds. The van der Waals surface area contributed by atoms with Crippen LogP contribution in [0.25, 0.3) is 0 Å². The van der Waals surface area contributed by atoms with Crippen LogP contribution in [0, 0.1) is 30.9 Å². The molecule has 156 valence electrons. The summed E-state index contributed by atoms with van der Waals surface area (Å²) in [6.45, 7) is 6.14. The van der Waals surface area contributed by atoms with Crippen molar-refractivity contribution in [3.8, 4) is 0 Å². The van der Waals surface area contributed by atoms with Crippen LogP contribution in [0.5, 0.6) is 0 Å². The lowest BCUT2D eigenvalue weighted by molar-refractivity contribution is -0.158. The highest BCUT2D eigenvalue weighted by atomic mass is 32.1. The first kappa shape index (κ1) is 21.4. The SMILES string of the molecule is CCOC(=O)[C@]1(Cc2ccc(F)cc2F)CCCN(C(=O)c2sc(C)nc2C)C1. The van der Waals surface area contributed by atoms with E-state index in [0.29, 0.717) is 30.0 Å². The molecule has 1 atom stereocenters. The second kappa shape index (κ2) is 8.57. The Labute approximate surface area is 172 Å². The number of aryl methyl sites for hydroxylation is 2. The highest BCUT2D eigenvalue weighted by Crippen LogP contribution is 2.37. The normalized spacial score (nSPS) is 19.3. The highest BCUT2D eigenvalue weighted by Gasteiger charge is 2.45. The van der Waals surface area contributed by atoms with E-state index < -0.39 is 23.0 Å². The van der Waals surface area contributed by atoms with E-state index in [1.165, 1.54) is 23.5 Å². The lowest BCUT2D eigenvalue weighted by Gasteiger charge is -2.41. The molecule has 3 rings (SSSR count). The number of nitrogens with zero attached hydrogens (tertiary/aromatic N) is 2. The molecule has 0 spiro atoms. The van der Waals surface area contributed by atoms with Crippen molar-refractivity contribution in [3.63, 3.8) is 0 Å². The van der Waals surface area contributed by atoms with E-state index in [1.54, 1.807) is 18.7 Å². The Morgan fingerprint density at radius 3 is 2.69 bits per heavy atom. The van der Waals surface area contributed by atoms with Crippen molar-refractivity contribution < 1.29 is 23.1 Å². The lowest BCUT2D eigenvalue weighted by atomic mass is 9.75. The number of rotatable bonds is 5. The van der Waals surface area contributed by atoms with Crippen molar-refractivity contribution in [2.45, 2.75) is 40.0 Å². The van der Waals surface area contributed by atoms with Gasteiger partial charge in [-0.2, -0.15) is 0 Å². The smallest absolute Gasteiger partial charge is 0.314 e. The third-order valence-electron chi connectivity index (χ3n) is 5.21. The van der Waals surface area contributed by atoms with Gasteiger partial charge in [-0.15, -0.1) is 11.3 Å². The monoisotopic (exact) mass is 422 g/mol. The van der Waals surface area contributed by atoms with Crippen molar-refractivity contribution >= 4 is 23.2 Å². The summed E-state index contributed by atoms with van der Waals surface area (Å²) >= 11 is 1.32. The van der Waals surface area contributed by atoms with E-state index in [0.717, 1.165) is 11.1 Å². The Morgan fingerprint density at radius 2 is 2.07 bits per heavy atom. The number of carbonyl (C=O) groups excluding carboxylic acids is 2. The largest absolute Gasteiger partial charge is 0.466 e. The topological polar surface area (TPSA) is 59.5 Å². The van der Waals surface area contributed by atoms with Gasteiger partial charge < -0.3 is 9.64 Å². The van der Waals surface area contributed by atoms with Gasteiger partial charge in [0, 0.05) is 19.2 Å². The molecular weight excluding hydrogens is 398 g/mol. The van der Waals surface area contributed by atoms with Crippen LogP contribution in [0.2, 0.25) is 0 Å². The summed E-state index contributed by atoms with van der Waals surface area (Å²) in [6, 6.07) is 3.33. The van der Waals surface area contributed by atoms with Crippen LogP contribution in [0.3, 0.4) is 0 Å². The van der Waals surface area contributed by atoms with Crippen LogP contribution >= 0.6 is 11.3 Å². The summed E-state index contributed by atoms with van der Waals surface area (Å²) in [5.41, 5.74) is -0.177. The molecule has 29 heavy (non-hydrogen) atoms. The number of esters is 1. The van der Waals surface area contributed by atoms with E-state index in [-0.39, 0.29) is 31.0 Å². The van der Waals surface area contributed by atoms with E-state index in [2.05, 4.69) is 4.98 Å². The van der Waals surface area contributed by atoms with Gasteiger partial charge in [0.2, 0.25) is 0 Å². The minimum Gasteiger partial charge on any atom is -0.466 e. The van der Waals surface area contributed by atoms with Crippen molar-refractivity contribution in [1.82, 2.24) is 9.88 Å². The van der Waals surface area contributed by atoms with Gasteiger partial charge in [0.15, 0.2) is 0 Å². The van der Waals surface area contributed by atoms with Gasteiger partial charge in [-0.3, -0.25) is 9.59 Å². The average Bonchev–Trinajstić information content (AvgIpc) is 3.02. The number of thiazole rings is 1. The van der Waals surface area contributed by atoms with E-state index >= 15 is 0 Å². The molecule has 1 aromatic heterocycles. The second-order valence-electron chi connectivity index (χ2n) is 7.39. The lowest BCUT2D eigenvalue weighted by Crippen LogP contribution is -2.51. The van der Waals surface area contributed by atoms with Crippen molar-refractivity contribution in [2.24, 2.45) is 5.41 Å². The predicted octanol–water partition coefficient (Wildman–Crippen LogP) is 4.07. The maximum atomic E-state index is 14.3. The number of benzene rings is 1. The minimum atomic E-state index is -1.07. The molecule has 1 aromatic carbocycles. The molecule has 0 unspecified atom stereocenters.